The predicted molar refractivity (Wildman–Crippen MR) is 123 cm³/mol. The molecule has 0 bridgehead atoms. The minimum Gasteiger partial charge on any atom is -0.325 e. The van der Waals surface area contributed by atoms with Gasteiger partial charge in [-0.3, -0.25) is 24.2 Å². The molecular formula is C22H21N5O4S. The Morgan fingerprint density at radius 2 is 1.72 bits per heavy atom. The summed E-state index contributed by atoms with van der Waals surface area (Å²) in [6.07, 6.45) is 0. The molecule has 32 heavy (non-hydrogen) atoms. The molecule has 0 aliphatic rings. The van der Waals surface area contributed by atoms with Gasteiger partial charge in [0.2, 0.25) is 11.8 Å². The largest absolute Gasteiger partial charge is 0.325 e. The highest BCUT2D eigenvalue weighted by Crippen LogP contribution is 2.27. The third kappa shape index (κ3) is 5.67. The molecule has 1 heterocycles. The lowest BCUT2D eigenvalue weighted by Gasteiger charge is -2.11. The van der Waals surface area contributed by atoms with E-state index in [1.165, 1.54) is 13.8 Å². The average Bonchev–Trinajstić information content (AvgIpc) is 2.74. The van der Waals surface area contributed by atoms with E-state index in [0.29, 0.717) is 22.5 Å². The zero-order valence-electron chi connectivity index (χ0n) is 17.7. The minimum atomic E-state index is -0.486. The number of amides is 2. The van der Waals surface area contributed by atoms with Crippen LogP contribution >= 0.6 is 11.8 Å². The van der Waals surface area contributed by atoms with Gasteiger partial charge in [0, 0.05) is 23.7 Å². The fourth-order valence-corrected chi connectivity index (χ4v) is 3.49. The van der Waals surface area contributed by atoms with Crippen molar-refractivity contribution >= 4 is 40.7 Å². The number of anilines is 2. The number of aromatic nitrogens is 3. The Morgan fingerprint density at radius 1 is 1.00 bits per heavy atom. The topological polar surface area (TPSA) is 134 Å². The molecule has 0 spiro atoms. The minimum absolute atomic E-state index is 0.0000135. The van der Waals surface area contributed by atoms with Crippen LogP contribution in [0.2, 0.25) is 0 Å². The summed E-state index contributed by atoms with van der Waals surface area (Å²) >= 11 is 1.03. The Kier molecular flexibility index (Phi) is 7.16. The molecule has 0 fully saturated rings. The van der Waals surface area contributed by atoms with E-state index in [1.807, 2.05) is 13.0 Å². The number of carbonyl (C=O) groups is 3. The van der Waals surface area contributed by atoms with Crippen molar-refractivity contribution < 1.29 is 14.4 Å². The lowest BCUT2D eigenvalue weighted by atomic mass is 10.1. The molecule has 1 aromatic heterocycles. The number of carbonyl (C=O) groups excluding carboxylic acids is 3. The molecule has 0 unspecified atom stereocenters. The molecule has 9 nitrogen and oxygen atoms in total. The number of hydrogen-bond donors (Lipinski definition) is 3. The summed E-state index contributed by atoms with van der Waals surface area (Å²) in [5, 5.41) is 13.6. The molecule has 3 N–H and O–H groups in total. The second-order valence-corrected chi connectivity index (χ2v) is 7.92. The van der Waals surface area contributed by atoms with Crippen LogP contribution in [0.3, 0.4) is 0 Å². The molecule has 3 rings (SSSR count). The summed E-state index contributed by atoms with van der Waals surface area (Å²) in [6, 6.07) is 11.8. The van der Waals surface area contributed by atoms with E-state index >= 15 is 0 Å². The maximum absolute atomic E-state index is 12.6. The molecule has 0 atom stereocenters. The fourth-order valence-electron chi connectivity index (χ4n) is 2.89. The van der Waals surface area contributed by atoms with Gasteiger partial charge in [0.1, 0.15) is 0 Å². The van der Waals surface area contributed by atoms with E-state index in [0.717, 1.165) is 17.3 Å². The lowest BCUT2D eigenvalue weighted by molar-refractivity contribution is -0.114. The highest BCUT2D eigenvalue weighted by Gasteiger charge is 2.15. The van der Waals surface area contributed by atoms with Gasteiger partial charge in [-0.25, -0.2) is 0 Å². The molecule has 0 saturated carbocycles. The molecule has 164 valence electrons. The Hall–Kier alpha value is -3.79. The van der Waals surface area contributed by atoms with E-state index < -0.39 is 5.56 Å². The first-order valence-electron chi connectivity index (χ1n) is 9.63. The van der Waals surface area contributed by atoms with Crippen molar-refractivity contribution in [3.8, 4) is 11.3 Å². The van der Waals surface area contributed by atoms with Crippen molar-refractivity contribution in [1.82, 2.24) is 15.2 Å². The molecular weight excluding hydrogens is 430 g/mol. The monoisotopic (exact) mass is 451 g/mol. The second kappa shape index (κ2) is 10.0. The zero-order valence-corrected chi connectivity index (χ0v) is 18.5. The molecule has 0 saturated heterocycles. The lowest BCUT2D eigenvalue weighted by Crippen LogP contribution is -2.18. The summed E-state index contributed by atoms with van der Waals surface area (Å²) in [4.78, 5) is 50.2. The van der Waals surface area contributed by atoms with Crippen molar-refractivity contribution in [1.29, 1.82) is 0 Å². The van der Waals surface area contributed by atoms with E-state index in [-0.39, 0.29) is 34.2 Å². The maximum Gasteiger partial charge on any atom is 0.278 e. The van der Waals surface area contributed by atoms with Gasteiger partial charge in [0.25, 0.3) is 5.56 Å². The Labute approximate surface area is 188 Å². The molecule has 10 heteroatoms. The van der Waals surface area contributed by atoms with Gasteiger partial charge in [-0.05, 0) is 43.7 Å². The van der Waals surface area contributed by atoms with Crippen LogP contribution in [-0.4, -0.2) is 38.5 Å². The SMILES string of the molecule is CC(=O)Nc1c(C)cccc1-c1nnc(SCC(=O)Nc2ccc(C(C)=O)cc2)[nH]c1=O. The smallest absolute Gasteiger partial charge is 0.278 e. The van der Waals surface area contributed by atoms with Crippen molar-refractivity contribution in [3.63, 3.8) is 0 Å². The van der Waals surface area contributed by atoms with Crippen LogP contribution in [0, 0.1) is 6.92 Å². The maximum atomic E-state index is 12.6. The number of aromatic amines is 1. The van der Waals surface area contributed by atoms with Crippen molar-refractivity contribution in [2.45, 2.75) is 25.9 Å². The van der Waals surface area contributed by atoms with Crippen LogP contribution in [0.25, 0.3) is 11.3 Å². The van der Waals surface area contributed by atoms with Crippen LogP contribution in [-0.2, 0) is 9.59 Å². The number of H-pyrrole nitrogens is 1. The van der Waals surface area contributed by atoms with Gasteiger partial charge in [0.15, 0.2) is 16.6 Å². The molecule has 0 radical (unpaired) electrons. The number of nitrogens with zero attached hydrogens (tertiary/aromatic N) is 2. The van der Waals surface area contributed by atoms with Crippen molar-refractivity contribution in [2.24, 2.45) is 0 Å². The second-order valence-electron chi connectivity index (χ2n) is 6.96. The van der Waals surface area contributed by atoms with Crippen LogP contribution in [0.5, 0.6) is 0 Å². The number of thioether (sulfide) groups is 1. The van der Waals surface area contributed by atoms with E-state index in [1.54, 1.807) is 36.4 Å². The van der Waals surface area contributed by atoms with Gasteiger partial charge in [-0.2, -0.15) is 0 Å². The summed E-state index contributed by atoms with van der Waals surface area (Å²) < 4.78 is 0. The normalized spacial score (nSPS) is 10.5. The Bertz CT molecular complexity index is 1240. The Morgan fingerprint density at radius 3 is 2.34 bits per heavy atom. The van der Waals surface area contributed by atoms with Gasteiger partial charge >= 0.3 is 0 Å². The number of rotatable bonds is 7. The summed E-state index contributed by atoms with van der Waals surface area (Å²) in [5.41, 5.74) is 2.43. The van der Waals surface area contributed by atoms with Crippen LogP contribution < -0.4 is 16.2 Å². The first kappa shape index (κ1) is 22.9. The van der Waals surface area contributed by atoms with E-state index in [4.69, 9.17) is 0 Å². The molecule has 2 aromatic carbocycles. The predicted octanol–water partition coefficient (Wildman–Crippen LogP) is 3.03. The molecule has 0 aliphatic carbocycles. The number of nitrogens with one attached hydrogen (secondary N) is 3. The zero-order chi connectivity index (χ0) is 23.3. The van der Waals surface area contributed by atoms with Crippen LogP contribution in [0.1, 0.15) is 29.8 Å². The summed E-state index contributed by atoms with van der Waals surface area (Å²) in [6.45, 7) is 4.67. The number of aryl methyl sites for hydroxylation is 1. The highest BCUT2D eigenvalue weighted by atomic mass is 32.2. The number of benzene rings is 2. The fraction of sp³-hybridized carbons (Fsp3) is 0.182. The summed E-state index contributed by atoms with van der Waals surface area (Å²) in [7, 11) is 0. The number of ketones is 1. The number of Topliss-reactive ketones (excluding diaryl/α,β-unsaturated/α-hetero) is 1. The number of hydrogen-bond acceptors (Lipinski definition) is 7. The standard InChI is InChI=1S/C22H21N5O4S/c1-12-5-4-6-17(19(12)23-14(3)29)20-21(31)25-22(27-26-20)32-11-18(30)24-16-9-7-15(8-10-16)13(2)28/h4-10H,11H2,1-3H3,(H,23,29)(H,24,30)(H,25,27,31). The first-order chi connectivity index (χ1) is 15.2. The third-order valence-corrected chi connectivity index (χ3v) is 5.28. The number of para-hydroxylation sites is 1. The van der Waals surface area contributed by atoms with Gasteiger partial charge in [-0.15, -0.1) is 10.2 Å². The molecule has 3 aromatic rings. The molecule has 0 aliphatic heterocycles. The van der Waals surface area contributed by atoms with E-state index in [2.05, 4.69) is 25.8 Å². The van der Waals surface area contributed by atoms with Crippen molar-refractivity contribution in [3.05, 3.63) is 63.9 Å². The van der Waals surface area contributed by atoms with Crippen molar-refractivity contribution in [2.75, 3.05) is 16.4 Å². The molecule has 2 amide bonds. The Balaban J connectivity index is 1.69. The average molecular weight is 452 g/mol. The third-order valence-electron chi connectivity index (χ3n) is 4.42. The van der Waals surface area contributed by atoms with Gasteiger partial charge in [-0.1, -0.05) is 30.0 Å². The quantitative estimate of drug-likeness (QED) is 0.371. The highest BCUT2D eigenvalue weighted by molar-refractivity contribution is 7.99. The van der Waals surface area contributed by atoms with Gasteiger partial charge < -0.3 is 10.6 Å². The van der Waals surface area contributed by atoms with Gasteiger partial charge in [0.05, 0.1) is 11.4 Å². The van der Waals surface area contributed by atoms with Crippen LogP contribution in [0.15, 0.2) is 52.4 Å². The van der Waals surface area contributed by atoms with Crippen LogP contribution in [0.4, 0.5) is 11.4 Å². The first-order valence-corrected chi connectivity index (χ1v) is 10.6. The van der Waals surface area contributed by atoms with E-state index in [9.17, 15) is 19.2 Å². The summed E-state index contributed by atoms with van der Waals surface area (Å²) in [5.74, 6) is -0.623.